The lowest BCUT2D eigenvalue weighted by atomic mass is 10.1. The van der Waals surface area contributed by atoms with E-state index in [2.05, 4.69) is 10.1 Å². The van der Waals surface area contributed by atoms with Gasteiger partial charge in [0.15, 0.2) is 5.82 Å². The molecule has 3 rings (SSSR count). The summed E-state index contributed by atoms with van der Waals surface area (Å²) in [6, 6.07) is 5.32. The molecule has 2 heterocycles. The summed E-state index contributed by atoms with van der Waals surface area (Å²) in [4.78, 5) is 18.8. The van der Waals surface area contributed by atoms with Crippen LogP contribution in [0.25, 0.3) is 0 Å². The highest BCUT2D eigenvalue weighted by Gasteiger charge is 2.34. The van der Waals surface area contributed by atoms with Gasteiger partial charge in [0.25, 0.3) is 5.91 Å². The second-order valence-corrected chi connectivity index (χ2v) is 6.00. The summed E-state index contributed by atoms with van der Waals surface area (Å²) in [6.07, 6.45) is 1.75. The van der Waals surface area contributed by atoms with Crippen molar-refractivity contribution in [3.8, 4) is 0 Å². The fourth-order valence-corrected chi connectivity index (χ4v) is 3.10. The SMILES string of the molecule is Cc1ccc(C(=O)N2CCCC2c2nc(N)n(C)n2)c(Cl)c1. The smallest absolute Gasteiger partial charge is 0.255 e. The van der Waals surface area contributed by atoms with Gasteiger partial charge in [-0.25, -0.2) is 4.68 Å². The minimum Gasteiger partial charge on any atom is -0.368 e. The van der Waals surface area contributed by atoms with E-state index in [0.717, 1.165) is 18.4 Å². The van der Waals surface area contributed by atoms with Crippen LogP contribution in [0.2, 0.25) is 5.02 Å². The van der Waals surface area contributed by atoms with E-state index in [0.29, 0.717) is 28.9 Å². The number of aromatic nitrogens is 3. The predicted octanol–water partition coefficient (Wildman–Crippen LogP) is 2.34. The van der Waals surface area contributed by atoms with Gasteiger partial charge in [0, 0.05) is 13.6 Å². The molecule has 116 valence electrons. The summed E-state index contributed by atoms with van der Waals surface area (Å²) in [5, 5.41) is 4.78. The van der Waals surface area contributed by atoms with Gasteiger partial charge in [0.2, 0.25) is 5.95 Å². The molecule has 1 unspecified atom stereocenters. The molecule has 1 aromatic heterocycles. The zero-order valence-electron chi connectivity index (χ0n) is 12.6. The van der Waals surface area contributed by atoms with Gasteiger partial charge >= 0.3 is 0 Å². The van der Waals surface area contributed by atoms with Gasteiger partial charge in [0.1, 0.15) is 0 Å². The molecule has 0 bridgehead atoms. The third kappa shape index (κ3) is 2.54. The third-order valence-corrected chi connectivity index (χ3v) is 4.29. The second-order valence-electron chi connectivity index (χ2n) is 5.59. The van der Waals surface area contributed by atoms with Crippen LogP contribution in [0.15, 0.2) is 18.2 Å². The summed E-state index contributed by atoms with van der Waals surface area (Å²) in [6.45, 7) is 2.62. The first-order valence-corrected chi connectivity index (χ1v) is 7.58. The van der Waals surface area contributed by atoms with Gasteiger partial charge in [-0.15, -0.1) is 0 Å². The van der Waals surface area contributed by atoms with Crippen LogP contribution in [0, 0.1) is 6.92 Å². The summed E-state index contributed by atoms with van der Waals surface area (Å²) >= 11 is 6.22. The Hall–Kier alpha value is -2.08. The number of likely N-dealkylation sites (tertiary alicyclic amines) is 1. The molecule has 7 heteroatoms. The third-order valence-electron chi connectivity index (χ3n) is 3.98. The number of benzene rings is 1. The second kappa shape index (κ2) is 5.61. The Kier molecular flexibility index (Phi) is 3.78. The molecule has 0 saturated carbocycles. The Balaban J connectivity index is 1.91. The minimum atomic E-state index is -0.145. The molecular weight excluding hydrogens is 302 g/mol. The highest BCUT2D eigenvalue weighted by Crippen LogP contribution is 2.33. The Labute approximate surface area is 133 Å². The summed E-state index contributed by atoms with van der Waals surface area (Å²) in [7, 11) is 1.74. The van der Waals surface area contributed by atoms with E-state index in [-0.39, 0.29) is 11.9 Å². The van der Waals surface area contributed by atoms with Crippen LogP contribution in [0.5, 0.6) is 0 Å². The van der Waals surface area contributed by atoms with Gasteiger partial charge in [-0.1, -0.05) is 17.7 Å². The molecular formula is C15H18ClN5O. The molecule has 2 aromatic rings. The van der Waals surface area contributed by atoms with Crippen LogP contribution >= 0.6 is 11.6 Å². The van der Waals surface area contributed by atoms with E-state index in [1.807, 2.05) is 13.0 Å². The average Bonchev–Trinajstić information content (AvgIpc) is 3.06. The molecule has 2 N–H and O–H groups in total. The van der Waals surface area contributed by atoms with Crippen LogP contribution < -0.4 is 5.73 Å². The number of hydrogen-bond donors (Lipinski definition) is 1. The lowest BCUT2D eigenvalue weighted by molar-refractivity contribution is 0.0730. The lowest BCUT2D eigenvalue weighted by Crippen LogP contribution is -2.31. The van der Waals surface area contributed by atoms with Crippen LogP contribution in [-0.2, 0) is 7.05 Å². The van der Waals surface area contributed by atoms with Gasteiger partial charge in [-0.05, 0) is 37.5 Å². The molecule has 1 atom stereocenters. The number of nitrogen functional groups attached to an aromatic ring is 1. The number of carbonyl (C=O) groups is 1. The van der Waals surface area contributed by atoms with Gasteiger partial charge in [-0.2, -0.15) is 10.1 Å². The number of halogens is 1. The van der Waals surface area contributed by atoms with Crippen LogP contribution in [0.4, 0.5) is 5.95 Å². The monoisotopic (exact) mass is 319 g/mol. The van der Waals surface area contributed by atoms with Crippen LogP contribution in [-0.4, -0.2) is 32.1 Å². The fourth-order valence-electron chi connectivity index (χ4n) is 2.78. The summed E-state index contributed by atoms with van der Waals surface area (Å²) in [5.41, 5.74) is 7.29. The first-order chi connectivity index (χ1) is 10.5. The van der Waals surface area contributed by atoms with Crippen molar-refractivity contribution < 1.29 is 4.79 Å². The first kappa shape index (κ1) is 14.8. The van der Waals surface area contributed by atoms with Crippen molar-refractivity contribution >= 4 is 23.5 Å². The first-order valence-electron chi connectivity index (χ1n) is 7.21. The van der Waals surface area contributed by atoms with Gasteiger partial charge in [-0.3, -0.25) is 4.79 Å². The maximum absolute atomic E-state index is 12.8. The van der Waals surface area contributed by atoms with Crippen molar-refractivity contribution in [2.45, 2.75) is 25.8 Å². The number of nitrogens with two attached hydrogens (primary N) is 1. The van der Waals surface area contributed by atoms with Crippen molar-refractivity contribution in [3.05, 3.63) is 40.2 Å². The fraction of sp³-hybridized carbons (Fsp3) is 0.400. The molecule has 1 aliphatic heterocycles. The molecule has 1 amide bonds. The molecule has 1 fully saturated rings. The zero-order valence-corrected chi connectivity index (χ0v) is 13.3. The number of carbonyl (C=O) groups excluding carboxylic acids is 1. The molecule has 0 radical (unpaired) electrons. The highest BCUT2D eigenvalue weighted by atomic mass is 35.5. The normalized spacial score (nSPS) is 18.0. The molecule has 1 saturated heterocycles. The molecule has 1 aliphatic rings. The Morgan fingerprint density at radius 2 is 2.23 bits per heavy atom. The Morgan fingerprint density at radius 3 is 2.86 bits per heavy atom. The number of hydrogen-bond acceptors (Lipinski definition) is 4. The van der Waals surface area contributed by atoms with Crippen molar-refractivity contribution in [3.63, 3.8) is 0 Å². The van der Waals surface area contributed by atoms with Gasteiger partial charge < -0.3 is 10.6 Å². The number of aryl methyl sites for hydroxylation is 2. The predicted molar refractivity (Wildman–Crippen MR) is 84.6 cm³/mol. The van der Waals surface area contributed by atoms with Crippen molar-refractivity contribution in [2.24, 2.45) is 7.05 Å². The molecule has 22 heavy (non-hydrogen) atoms. The molecule has 1 aromatic carbocycles. The van der Waals surface area contributed by atoms with Crippen molar-refractivity contribution in [2.75, 3.05) is 12.3 Å². The number of nitrogens with zero attached hydrogens (tertiary/aromatic N) is 4. The minimum absolute atomic E-state index is 0.0847. The highest BCUT2D eigenvalue weighted by molar-refractivity contribution is 6.33. The largest absolute Gasteiger partial charge is 0.368 e. The summed E-state index contributed by atoms with van der Waals surface area (Å²) < 4.78 is 1.52. The number of amides is 1. The van der Waals surface area contributed by atoms with E-state index in [9.17, 15) is 4.79 Å². The van der Waals surface area contributed by atoms with Gasteiger partial charge in [0.05, 0.1) is 16.6 Å². The topological polar surface area (TPSA) is 77.0 Å². The van der Waals surface area contributed by atoms with Crippen molar-refractivity contribution in [1.82, 2.24) is 19.7 Å². The quantitative estimate of drug-likeness (QED) is 0.921. The number of anilines is 1. The molecule has 0 spiro atoms. The standard InChI is InChI=1S/C15H18ClN5O/c1-9-5-6-10(11(16)8-9)14(22)21-7-3-4-12(21)13-18-15(17)20(2)19-13/h5-6,8,12H,3-4,7H2,1-2H3,(H2,17,18,19). The van der Waals surface area contributed by atoms with E-state index in [1.54, 1.807) is 24.1 Å². The maximum Gasteiger partial charge on any atom is 0.255 e. The van der Waals surface area contributed by atoms with E-state index < -0.39 is 0 Å². The van der Waals surface area contributed by atoms with E-state index in [1.165, 1.54) is 4.68 Å². The van der Waals surface area contributed by atoms with Crippen LogP contribution in [0.1, 0.15) is 40.6 Å². The van der Waals surface area contributed by atoms with Crippen molar-refractivity contribution in [1.29, 1.82) is 0 Å². The average molecular weight is 320 g/mol. The number of rotatable bonds is 2. The zero-order chi connectivity index (χ0) is 15.9. The maximum atomic E-state index is 12.8. The Morgan fingerprint density at radius 1 is 1.45 bits per heavy atom. The summed E-state index contributed by atoms with van der Waals surface area (Å²) in [5.74, 6) is 0.857. The lowest BCUT2D eigenvalue weighted by Gasteiger charge is -2.23. The Bertz CT molecular complexity index is 707. The van der Waals surface area contributed by atoms with E-state index >= 15 is 0 Å². The van der Waals surface area contributed by atoms with E-state index in [4.69, 9.17) is 17.3 Å². The molecule has 0 aliphatic carbocycles. The molecule has 6 nitrogen and oxygen atoms in total. The van der Waals surface area contributed by atoms with Crippen LogP contribution in [0.3, 0.4) is 0 Å².